The minimum atomic E-state index is -0.482. The molecule has 5 heterocycles. The van der Waals surface area contributed by atoms with Crippen molar-refractivity contribution in [3.63, 3.8) is 0 Å². The number of nitrogens with one attached hydrogen (secondary N) is 7. The Balaban J connectivity index is 1.05. The molecule has 0 aliphatic heterocycles. The zero-order valence-electron chi connectivity index (χ0n) is 35.2. The summed E-state index contributed by atoms with van der Waals surface area (Å²) in [5, 5.41) is 19.5. The second-order valence-electron chi connectivity index (χ2n) is 14.7. The minimum Gasteiger partial charge on any atom is -0.356 e. The van der Waals surface area contributed by atoms with E-state index in [4.69, 9.17) is 11.6 Å². The van der Waals surface area contributed by atoms with Crippen LogP contribution in [0.2, 0.25) is 5.02 Å². The molecule has 63 heavy (non-hydrogen) atoms. The van der Waals surface area contributed by atoms with Crippen molar-refractivity contribution in [1.82, 2.24) is 39.1 Å². The van der Waals surface area contributed by atoms with Crippen molar-refractivity contribution in [2.24, 2.45) is 28.2 Å². The standard InChI is InChI=1S/C40H47Br2ClN12O7S/c1-51(2)13-7-10-44-30(56)8-11-45-36(58)26-15-23(19-52(26)3)48-38(60)28-14-22(18-54(28)5)47-31(57)9-12-46-37(59)27-16-24(20-53(27)4)49-39(61)29-17-25(21-55(29)6)50-40(62)34-33(43)32(41)35(42)63-34/h14-21H,7-13H2,1-6H3,(H,44,56)(H,45,58)(H,46,59)(H,47,57)(H,48,60)(H,49,61)(H,50,62). The smallest absolute Gasteiger partial charge is 0.272 e. The van der Waals surface area contributed by atoms with E-state index in [-0.39, 0.29) is 59.6 Å². The number of nitrogens with zero attached hydrogens (tertiary/aromatic N) is 5. The second kappa shape index (κ2) is 21.6. The van der Waals surface area contributed by atoms with Crippen LogP contribution in [0.4, 0.5) is 22.7 Å². The van der Waals surface area contributed by atoms with Gasteiger partial charge in [-0.15, -0.1) is 11.3 Å². The SMILES string of the molecule is CN(C)CCCNC(=O)CCNC(=O)c1cc(NC(=O)c2cc(NC(=O)CCNC(=O)c3cc(NC(=O)c4cc(NC(=O)c5sc(Br)c(Br)c5Cl)cn4C)cn3C)cn2C)cn1C. The van der Waals surface area contributed by atoms with Gasteiger partial charge < -0.3 is 60.4 Å². The Morgan fingerprint density at radius 1 is 0.571 bits per heavy atom. The van der Waals surface area contributed by atoms with Gasteiger partial charge in [0.1, 0.15) is 27.7 Å². The molecule has 0 atom stereocenters. The van der Waals surface area contributed by atoms with Crippen molar-refractivity contribution >= 4 is 119 Å². The maximum atomic E-state index is 13.2. The fourth-order valence-corrected chi connectivity index (χ4v) is 8.65. The van der Waals surface area contributed by atoms with Crippen LogP contribution >= 0.6 is 54.8 Å². The first kappa shape index (κ1) is 48.4. The van der Waals surface area contributed by atoms with Gasteiger partial charge in [0.15, 0.2) is 0 Å². The third-order valence-electron chi connectivity index (χ3n) is 9.35. The molecule has 0 spiro atoms. The molecule has 5 aromatic heterocycles. The lowest BCUT2D eigenvalue weighted by Gasteiger charge is -2.10. The third-order valence-corrected chi connectivity index (χ3v) is 13.5. The molecule has 336 valence electrons. The van der Waals surface area contributed by atoms with Gasteiger partial charge in [0.05, 0.1) is 36.0 Å². The highest BCUT2D eigenvalue weighted by atomic mass is 79.9. The number of carbonyl (C=O) groups excluding carboxylic acids is 7. The fourth-order valence-electron chi connectivity index (χ4n) is 6.22. The van der Waals surface area contributed by atoms with E-state index in [0.717, 1.165) is 24.3 Å². The van der Waals surface area contributed by atoms with Crippen molar-refractivity contribution in [3.05, 3.63) is 90.0 Å². The van der Waals surface area contributed by atoms with Gasteiger partial charge in [-0.1, -0.05) is 11.6 Å². The van der Waals surface area contributed by atoms with Crippen LogP contribution < -0.4 is 37.2 Å². The van der Waals surface area contributed by atoms with Crippen molar-refractivity contribution in [3.8, 4) is 0 Å². The van der Waals surface area contributed by atoms with Gasteiger partial charge in [0.2, 0.25) is 11.8 Å². The monoisotopic (exact) mass is 1030 g/mol. The number of thiophene rings is 1. The molecule has 0 fully saturated rings. The van der Waals surface area contributed by atoms with Crippen molar-refractivity contribution in [2.45, 2.75) is 19.3 Å². The van der Waals surface area contributed by atoms with E-state index in [1.165, 1.54) is 33.4 Å². The molecule has 5 aromatic rings. The topological polar surface area (TPSA) is 227 Å². The van der Waals surface area contributed by atoms with Crippen molar-refractivity contribution in [1.29, 1.82) is 0 Å². The lowest BCUT2D eigenvalue weighted by Crippen LogP contribution is -2.32. The maximum Gasteiger partial charge on any atom is 0.272 e. The summed E-state index contributed by atoms with van der Waals surface area (Å²) < 4.78 is 7.42. The molecule has 0 radical (unpaired) electrons. The van der Waals surface area contributed by atoms with E-state index >= 15 is 0 Å². The number of aromatic nitrogens is 4. The van der Waals surface area contributed by atoms with Gasteiger partial charge in [-0.2, -0.15) is 0 Å². The highest BCUT2D eigenvalue weighted by Crippen LogP contribution is 2.41. The molecule has 5 rings (SSSR count). The predicted molar refractivity (Wildman–Crippen MR) is 249 cm³/mol. The molecule has 19 nitrogen and oxygen atoms in total. The van der Waals surface area contributed by atoms with Gasteiger partial charge in [-0.25, -0.2) is 0 Å². The Morgan fingerprint density at radius 3 is 1.38 bits per heavy atom. The quantitative estimate of drug-likeness (QED) is 0.0557. The highest BCUT2D eigenvalue weighted by molar-refractivity contribution is 9.13. The average Bonchev–Trinajstić information content (AvgIpc) is 4.02. The van der Waals surface area contributed by atoms with Crippen LogP contribution in [0, 0.1) is 0 Å². The minimum absolute atomic E-state index is 0.00563. The molecule has 0 saturated heterocycles. The number of hydrogen-bond donors (Lipinski definition) is 7. The summed E-state index contributed by atoms with van der Waals surface area (Å²) in [6.45, 7) is 1.56. The molecule has 0 saturated carbocycles. The van der Waals surface area contributed by atoms with Gasteiger partial charge in [-0.05, 0) is 83.2 Å². The predicted octanol–water partition coefficient (Wildman–Crippen LogP) is 4.98. The van der Waals surface area contributed by atoms with Gasteiger partial charge >= 0.3 is 0 Å². The van der Waals surface area contributed by atoms with Gasteiger partial charge in [-0.3, -0.25) is 33.6 Å². The van der Waals surface area contributed by atoms with Crippen LogP contribution in [0.15, 0.2) is 57.3 Å². The summed E-state index contributed by atoms with van der Waals surface area (Å²) in [5.74, 6) is -2.84. The van der Waals surface area contributed by atoms with Crippen LogP contribution in [-0.2, 0) is 37.8 Å². The summed E-state index contributed by atoms with van der Waals surface area (Å²) in [7, 11) is 10.5. The Morgan fingerprint density at radius 2 is 0.968 bits per heavy atom. The fraction of sp³-hybridized carbons (Fsp3) is 0.325. The number of rotatable bonds is 19. The molecule has 0 aliphatic rings. The summed E-state index contributed by atoms with van der Waals surface area (Å²) in [6.07, 6.45) is 7.19. The maximum absolute atomic E-state index is 13.2. The van der Waals surface area contributed by atoms with E-state index in [1.54, 1.807) is 62.1 Å². The molecular formula is C40H47Br2ClN12O7S. The lowest BCUT2D eigenvalue weighted by atomic mass is 10.3. The van der Waals surface area contributed by atoms with Crippen LogP contribution in [0.25, 0.3) is 0 Å². The first-order valence-electron chi connectivity index (χ1n) is 19.3. The van der Waals surface area contributed by atoms with E-state index in [9.17, 15) is 33.6 Å². The molecule has 7 amide bonds. The summed E-state index contributed by atoms with van der Waals surface area (Å²) in [4.78, 5) is 92.2. The number of aryl methyl sites for hydroxylation is 4. The Hall–Kier alpha value is -5.68. The molecule has 0 bridgehead atoms. The largest absolute Gasteiger partial charge is 0.356 e. The molecule has 0 aromatic carbocycles. The Bertz CT molecular complexity index is 2550. The number of hydrogen-bond acceptors (Lipinski definition) is 9. The summed E-state index contributed by atoms with van der Waals surface area (Å²) in [5.41, 5.74) is 2.45. The number of halogens is 3. The van der Waals surface area contributed by atoms with Crippen molar-refractivity contribution in [2.75, 3.05) is 61.5 Å². The molecule has 0 aliphatic carbocycles. The van der Waals surface area contributed by atoms with Crippen LogP contribution in [0.3, 0.4) is 0 Å². The van der Waals surface area contributed by atoms with E-state index in [0.29, 0.717) is 42.4 Å². The van der Waals surface area contributed by atoms with Gasteiger partial charge in [0.25, 0.3) is 29.5 Å². The summed E-state index contributed by atoms with van der Waals surface area (Å²) >= 11 is 14.1. The van der Waals surface area contributed by atoms with Gasteiger partial charge in [0, 0.05) is 85.5 Å². The number of carbonyl (C=O) groups is 7. The molecule has 0 unspecified atom stereocenters. The molecule has 23 heteroatoms. The van der Waals surface area contributed by atoms with E-state index < -0.39 is 35.4 Å². The lowest BCUT2D eigenvalue weighted by molar-refractivity contribution is -0.121. The first-order chi connectivity index (χ1) is 29.8. The average molecular weight is 1040 g/mol. The Labute approximate surface area is 388 Å². The summed E-state index contributed by atoms with van der Waals surface area (Å²) in [6, 6.07) is 6.03. The van der Waals surface area contributed by atoms with Crippen LogP contribution in [-0.4, -0.2) is 105 Å². The number of amides is 7. The van der Waals surface area contributed by atoms with E-state index in [1.807, 2.05) is 19.0 Å². The van der Waals surface area contributed by atoms with Crippen molar-refractivity contribution < 1.29 is 33.6 Å². The molecular weight excluding hydrogens is 988 g/mol. The second-order valence-corrected chi connectivity index (χ2v) is 18.2. The molecule has 7 N–H and O–H groups in total. The first-order valence-corrected chi connectivity index (χ1v) is 22.1. The normalized spacial score (nSPS) is 11.0. The highest BCUT2D eigenvalue weighted by Gasteiger charge is 2.22. The zero-order valence-corrected chi connectivity index (χ0v) is 39.9. The third kappa shape index (κ3) is 12.9. The van der Waals surface area contributed by atoms with E-state index in [2.05, 4.69) is 69.1 Å². The zero-order chi connectivity index (χ0) is 46.1. The number of anilines is 4. The Kier molecular flexibility index (Phi) is 16.6. The van der Waals surface area contributed by atoms with Crippen LogP contribution in [0.1, 0.15) is 70.9 Å². The van der Waals surface area contributed by atoms with Crippen LogP contribution in [0.5, 0.6) is 0 Å².